The van der Waals surface area contributed by atoms with E-state index < -0.39 is 0 Å². The average Bonchev–Trinajstić information content (AvgIpc) is 1.80. The van der Waals surface area contributed by atoms with Crippen molar-refractivity contribution >= 4 is 16.3 Å². The van der Waals surface area contributed by atoms with Gasteiger partial charge in [0, 0.05) is 11.0 Å². The van der Waals surface area contributed by atoms with Crippen molar-refractivity contribution in [3.8, 4) is 0 Å². The standard InChI is InChI=1S/C5H10NO2.Al.2H/c6-4-1-5(7)3-8-2-4;;;/h2,4-5,7H,1,3,6H2;;;. The van der Waals surface area contributed by atoms with E-state index in [0.717, 1.165) is 16.3 Å². The van der Waals surface area contributed by atoms with Gasteiger partial charge < -0.3 is 15.6 Å². The van der Waals surface area contributed by atoms with Crippen molar-refractivity contribution in [3.05, 3.63) is 0 Å². The second-order valence-corrected chi connectivity index (χ2v) is 3.73. The lowest BCUT2D eigenvalue weighted by molar-refractivity contribution is -0.0336. The normalized spacial score (nSPS) is 44.9. The number of rotatable bonds is 0. The summed E-state index contributed by atoms with van der Waals surface area (Å²) in [4.78, 5) is 0.244. The van der Waals surface area contributed by atoms with E-state index in [9.17, 15) is 0 Å². The quantitative estimate of drug-likeness (QED) is 0.390. The third kappa shape index (κ3) is 1.92. The van der Waals surface area contributed by atoms with E-state index in [4.69, 9.17) is 15.6 Å². The van der Waals surface area contributed by atoms with Crippen LogP contribution in [0.2, 0.25) is 0 Å². The first-order valence-electron chi connectivity index (χ1n) is 3.25. The first-order valence-corrected chi connectivity index (χ1v) is 4.41. The maximum absolute atomic E-state index is 9.01. The summed E-state index contributed by atoms with van der Waals surface area (Å²) in [6, 6.07) is 0.0698. The summed E-state index contributed by atoms with van der Waals surface area (Å²) in [5.74, 6) is 0. The average molecular weight is 145 g/mol. The molecule has 0 aromatic heterocycles. The molecule has 0 aromatic carbocycles. The molecule has 0 aliphatic carbocycles. The first-order chi connectivity index (χ1) is 4.20. The van der Waals surface area contributed by atoms with Crippen LogP contribution in [0.15, 0.2) is 0 Å². The van der Waals surface area contributed by atoms with Crippen molar-refractivity contribution in [1.29, 1.82) is 0 Å². The van der Waals surface area contributed by atoms with Crippen LogP contribution in [0.4, 0.5) is 0 Å². The highest BCUT2D eigenvalue weighted by atomic mass is 27.0. The van der Waals surface area contributed by atoms with Crippen molar-refractivity contribution in [1.82, 2.24) is 0 Å². The molecule has 3 N–H and O–H groups in total. The number of hydrogen-bond acceptors (Lipinski definition) is 3. The van der Waals surface area contributed by atoms with E-state index in [1.807, 2.05) is 0 Å². The minimum absolute atomic E-state index is 0.0698. The maximum Gasteiger partial charge on any atom is 0.261 e. The summed E-state index contributed by atoms with van der Waals surface area (Å²) in [6.45, 7) is 0.474. The molecule has 0 bridgehead atoms. The molecule has 1 fully saturated rings. The van der Waals surface area contributed by atoms with Crippen LogP contribution in [0.25, 0.3) is 0 Å². The van der Waals surface area contributed by atoms with Gasteiger partial charge in [-0.1, -0.05) is 0 Å². The molecule has 0 radical (unpaired) electrons. The molecule has 1 saturated heterocycles. The highest BCUT2D eigenvalue weighted by molar-refractivity contribution is 6.11. The minimum Gasteiger partial charge on any atom is -0.391 e. The fourth-order valence-electron chi connectivity index (χ4n) is 0.960. The lowest BCUT2D eigenvalue weighted by Crippen LogP contribution is -2.46. The molecular formula is C5H12AlNO2. The van der Waals surface area contributed by atoms with E-state index in [1.165, 1.54) is 0 Å². The molecule has 1 aliphatic heterocycles. The minimum atomic E-state index is -0.329. The summed E-state index contributed by atoms with van der Waals surface area (Å²) in [7, 11) is 0. The van der Waals surface area contributed by atoms with Crippen LogP contribution in [-0.2, 0) is 4.74 Å². The Kier molecular flexibility index (Phi) is 2.51. The first kappa shape index (κ1) is 7.52. The Hall–Kier alpha value is 0.412. The smallest absolute Gasteiger partial charge is 0.261 e. The Morgan fingerprint density at radius 1 is 1.67 bits per heavy atom. The predicted octanol–water partition coefficient (Wildman–Crippen LogP) is -1.95. The van der Waals surface area contributed by atoms with Gasteiger partial charge in [-0.2, -0.15) is 0 Å². The molecule has 52 valence electrons. The van der Waals surface area contributed by atoms with Gasteiger partial charge in [-0.3, -0.25) is 0 Å². The molecule has 0 amide bonds. The highest BCUT2D eigenvalue weighted by Gasteiger charge is 2.23. The Labute approximate surface area is 62.6 Å². The molecule has 0 aromatic rings. The van der Waals surface area contributed by atoms with Crippen molar-refractivity contribution in [2.75, 3.05) is 6.61 Å². The van der Waals surface area contributed by atoms with Gasteiger partial charge in [-0.25, -0.2) is 0 Å². The van der Waals surface area contributed by atoms with Crippen LogP contribution in [-0.4, -0.2) is 45.1 Å². The maximum atomic E-state index is 9.01. The van der Waals surface area contributed by atoms with Gasteiger partial charge in [0.2, 0.25) is 0 Å². The number of aliphatic hydroxyl groups is 1. The summed E-state index contributed by atoms with van der Waals surface area (Å²) in [5.41, 5.74) is 5.62. The van der Waals surface area contributed by atoms with E-state index in [2.05, 4.69) is 0 Å². The van der Waals surface area contributed by atoms with Gasteiger partial charge in [-0.15, -0.1) is 0 Å². The van der Waals surface area contributed by atoms with Gasteiger partial charge in [0.05, 0.1) is 12.7 Å². The fourth-order valence-corrected chi connectivity index (χ4v) is 1.42. The van der Waals surface area contributed by atoms with Gasteiger partial charge in [0.15, 0.2) is 0 Å². The third-order valence-electron chi connectivity index (χ3n) is 1.70. The molecule has 1 rings (SSSR count). The molecule has 3 nitrogen and oxygen atoms in total. The Bertz CT molecular complexity index is 101. The van der Waals surface area contributed by atoms with Gasteiger partial charge in [0.1, 0.15) is 0 Å². The molecular weight excluding hydrogens is 133 g/mol. The van der Waals surface area contributed by atoms with Crippen LogP contribution in [0, 0.1) is 0 Å². The second-order valence-electron chi connectivity index (χ2n) is 2.59. The van der Waals surface area contributed by atoms with Gasteiger partial charge >= 0.3 is 0 Å². The monoisotopic (exact) mass is 145 g/mol. The Balaban J connectivity index is 2.35. The largest absolute Gasteiger partial charge is 0.391 e. The van der Waals surface area contributed by atoms with E-state index in [1.54, 1.807) is 0 Å². The van der Waals surface area contributed by atoms with Crippen molar-refractivity contribution in [3.63, 3.8) is 0 Å². The summed E-state index contributed by atoms with van der Waals surface area (Å²) >= 11 is 0.967. The molecule has 3 unspecified atom stereocenters. The van der Waals surface area contributed by atoms with Crippen LogP contribution >= 0.6 is 0 Å². The molecule has 3 atom stereocenters. The second kappa shape index (κ2) is 3.00. The predicted molar refractivity (Wildman–Crippen MR) is 36.9 cm³/mol. The van der Waals surface area contributed by atoms with Crippen molar-refractivity contribution in [2.45, 2.75) is 23.5 Å². The van der Waals surface area contributed by atoms with E-state index in [0.29, 0.717) is 13.0 Å². The Morgan fingerprint density at radius 2 is 2.33 bits per heavy atom. The van der Waals surface area contributed by atoms with Crippen LogP contribution in [0.3, 0.4) is 0 Å². The number of aliphatic hydroxyl groups excluding tert-OH is 1. The van der Waals surface area contributed by atoms with Crippen molar-refractivity contribution < 1.29 is 9.84 Å². The molecule has 0 saturated carbocycles. The van der Waals surface area contributed by atoms with Gasteiger partial charge in [0.25, 0.3) is 16.3 Å². The SMILES string of the molecule is NC1CC(O)CO[CH]1[AlH2]. The molecule has 1 aliphatic rings. The molecule has 9 heavy (non-hydrogen) atoms. The third-order valence-corrected chi connectivity index (χ3v) is 2.89. The lowest BCUT2D eigenvalue weighted by Gasteiger charge is -2.29. The lowest BCUT2D eigenvalue weighted by atomic mass is 10.1. The summed E-state index contributed by atoms with van der Waals surface area (Å²) < 4.78 is 5.19. The Morgan fingerprint density at radius 3 is 2.78 bits per heavy atom. The number of ether oxygens (including phenoxy) is 1. The molecule has 0 spiro atoms. The van der Waals surface area contributed by atoms with Crippen LogP contribution in [0.1, 0.15) is 6.42 Å². The summed E-state index contributed by atoms with van der Waals surface area (Å²) in [5, 5.41) is 9.01. The number of nitrogens with two attached hydrogens (primary N) is 1. The molecule has 4 heteroatoms. The molecule has 1 heterocycles. The zero-order valence-corrected chi connectivity index (χ0v) is 7.58. The van der Waals surface area contributed by atoms with Crippen LogP contribution < -0.4 is 5.73 Å². The topological polar surface area (TPSA) is 55.5 Å². The van der Waals surface area contributed by atoms with Crippen molar-refractivity contribution in [2.24, 2.45) is 5.73 Å². The number of hydrogen-bond donors (Lipinski definition) is 2. The van der Waals surface area contributed by atoms with Crippen LogP contribution in [0.5, 0.6) is 0 Å². The van der Waals surface area contributed by atoms with Gasteiger partial charge in [-0.05, 0) is 6.42 Å². The highest BCUT2D eigenvalue weighted by Crippen LogP contribution is 2.09. The zero-order valence-electron chi connectivity index (χ0n) is 5.58. The fraction of sp³-hybridized carbons (Fsp3) is 1.00. The van der Waals surface area contributed by atoms with E-state index in [-0.39, 0.29) is 17.1 Å². The zero-order chi connectivity index (χ0) is 6.85. The summed E-state index contributed by atoms with van der Waals surface area (Å²) in [6.07, 6.45) is 0.374. The van der Waals surface area contributed by atoms with E-state index >= 15 is 0 Å².